The first-order valence-corrected chi connectivity index (χ1v) is 7.23. The number of aromatic nitrogens is 1. The van der Waals surface area contributed by atoms with Gasteiger partial charge in [-0.2, -0.15) is 0 Å². The Kier molecular flexibility index (Phi) is 4.51. The first kappa shape index (κ1) is 12.5. The van der Waals surface area contributed by atoms with Crippen LogP contribution in [0, 0.1) is 0 Å². The highest BCUT2D eigenvalue weighted by molar-refractivity contribution is 7.18. The molecule has 0 bridgehead atoms. The Morgan fingerprint density at radius 1 is 1.29 bits per heavy atom. The Morgan fingerprint density at radius 3 is 2.82 bits per heavy atom. The zero-order valence-electron chi connectivity index (χ0n) is 10.6. The van der Waals surface area contributed by atoms with Crippen LogP contribution in [0.15, 0.2) is 24.3 Å². The Labute approximate surface area is 107 Å². The molecule has 0 spiro atoms. The predicted octanol–water partition coefficient (Wildman–Crippen LogP) is 3.62. The molecule has 0 aliphatic heterocycles. The summed E-state index contributed by atoms with van der Waals surface area (Å²) in [6.45, 7) is 5.44. The van der Waals surface area contributed by atoms with Crippen LogP contribution in [0.4, 0.5) is 0 Å². The highest BCUT2D eigenvalue weighted by Crippen LogP contribution is 2.23. The summed E-state index contributed by atoms with van der Waals surface area (Å²) < 4.78 is 1.30. The molecule has 2 nitrogen and oxygen atoms in total. The van der Waals surface area contributed by atoms with Gasteiger partial charge in [0.15, 0.2) is 0 Å². The number of thiazole rings is 1. The second kappa shape index (κ2) is 6.12. The Bertz CT molecular complexity index is 425. The molecule has 2 aromatic rings. The Balaban J connectivity index is 2.10. The number of benzene rings is 1. The number of rotatable bonds is 6. The monoisotopic (exact) mass is 248 g/mol. The van der Waals surface area contributed by atoms with Crippen LogP contribution in [0.25, 0.3) is 10.2 Å². The number of nitrogens with one attached hydrogen (secondary N) is 1. The number of hydrogen-bond acceptors (Lipinski definition) is 3. The van der Waals surface area contributed by atoms with Gasteiger partial charge in [0.2, 0.25) is 0 Å². The van der Waals surface area contributed by atoms with E-state index in [4.69, 9.17) is 4.98 Å². The van der Waals surface area contributed by atoms with Crippen LogP contribution in [-0.4, -0.2) is 17.6 Å². The Hall–Kier alpha value is -0.930. The molecule has 0 fully saturated rings. The van der Waals surface area contributed by atoms with E-state index in [1.54, 1.807) is 0 Å². The molecule has 1 aromatic carbocycles. The normalized spacial score (nSPS) is 13.1. The topological polar surface area (TPSA) is 24.9 Å². The van der Waals surface area contributed by atoms with Gasteiger partial charge in [0.1, 0.15) is 0 Å². The summed E-state index contributed by atoms with van der Waals surface area (Å²) in [5, 5.41) is 4.80. The van der Waals surface area contributed by atoms with E-state index in [1.165, 1.54) is 22.5 Å². The molecule has 0 radical (unpaired) electrons. The van der Waals surface area contributed by atoms with Crippen molar-refractivity contribution in [3.63, 3.8) is 0 Å². The average molecular weight is 248 g/mol. The molecular weight excluding hydrogens is 228 g/mol. The number of fused-ring (bicyclic) bond motifs is 1. The number of nitrogens with zero attached hydrogens (tertiary/aromatic N) is 1. The van der Waals surface area contributed by atoms with Gasteiger partial charge in [0.25, 0.3) is 0 Å². The molecule has 2 rings (SSSR count). The van der Waals surface area contributed by atoms with Gasteiger partial charge in [-0.05, 0) is 25.1 Å². The van der Waals surface area contributed by atoms with Crippen molar-refractivity contribution in [1.29, 1.82) is 0 Å². The Morgan fingerprint density at radius 2 is 2.12 bits per heavy atom. The van der Waals surface area contributed by atoms with Crippen molar-refractivity contribution in [2.75, 3.05) is 6.54 Å². The lowest BCUT2D eigenvalue weighted by Gasteiger charge is -2.15. The average Bonchev–Trinajstić information content (AvgIpc) is 2.71. The molecule has 3 heteroatoms. The quantitative estimate of drug-likeness (QED) is 0.844. The highest BCUT2D eigenvalue weighted by Gasteiger charge is 2.10. The zero-order chi connectivity index (χ0) is 12.1. The maximum absolute atomic E-state index is 4.70. The van der Waals surface area contributed by atoms with E-state index in [1.807, 2.05) is 11.3 Å². The van der Waals surface area contributed by atoms with Gasteiger partial charge in [0, 0.05) is 12.5 Å². The van der Waals surface area contributed by atoms with E-state index in [0.29, 0.717) is 6.04 Å². The molecule has 17 heavy (non-hydrogen) atoms. The molecule has 0 aliphatic carbocycles. The maximum Gasteiger partial charge on any atom is 0.0954 e. The van der Waals surface area contributed by atoms with E-state index in [-0.39, 0.29) is 0 Å². The van der Waals surface area contributed by atoms with Crippen molar-refractivity contribution in [2.24, 2.45) is 0 Å². The molecule has 1 heterocycles. The summed E-state index contributed by atoms with van der Waals surface area (Å²) >= 11 is 1.83. The van der Waals surface area contributed by atoms with Crippen molar-refractivity contribution in [1.82, 2.24) is 10.3 Å². The van der Waals surface area contributed by atoms with Crippen molar-refractivity contribution in [2.45, 2.75) is 39.2 Å². The van der Waals surface area contributed by atoms with Crippen LogP contribution in [0.3, 0.4) is 0 Å². The molecule has 0 saturated carbocycles. The second-order valence-electron chi connectivity index (χ2n) is 4.32. The molecular formula is C14H20N2S. The van der Waals surface area contributed by atoms with Crippen molar-refractivity contribution < 1.29 is 0 Å². The maximum atomic E-state index is 4.70. The molecule has 1 atom stereocenters. The van der Waals surface area contributed by atoms with Crippen LogP contribution in [-0.2, 0) is 6.42 Å². The van der Waals surface area contributed by atoms with Gasteiger partial charge in [-0.25, -0.2) is 4.98 Å². The van der Waals surface area contributed by atoms with E-state index in [9.17, 15) is 0 Å². The summed E-state index contributed by atoms with van der Waals surface area (Å²) in [5.41, 5.74) is 1.14. The molecule has 0 aliphatic rings. The predicted molar refractivity (Wildman–Crippen MR) is 75.7 cm³/mol. The SMILES string of the molecule is CCCC(Cc1nc2ccccc2s1)NCC. The standard InChI is InChI=1S/C14H20N2S/c1-3-7-11(15-4-2)10-14-16-12-8-5-6-9-13(12)17-14/h5-6,8-9,11,15H,3-4,7,10H2,1-2H3. The second-order valence-corrected chi connectivity index (χ2v) is 5.44. The fourth-order valence-corrected chi connectivity index (χ4v) is 3.18. The lowest BCUT2D eigenvalue weighted by atomic mass is 10.1. The molecule has 92 valence electrons. The smallest absolute Gasteiger partial charge is 0.0954 e. The largest absolute Gasteiger partial charge is 0.314 e. The van der Waals surface area contributed by atoms with Crippen LogP contribution in [0.1, 0.15) is 31.7 Å². The van der Waals surface area contributed by atoms with Gasteiger partial charge < -0.3 is 5.32 Å². The van der Waals surface area contributed by atoms with Gasteiger partial charge >= 0.3 is 0 Å². The number of hydrogen-bond donors (Lipinski definition) is 1. The van der Waals surface area contributed by atoms with E-state index < -0.39 is 0 Å². The van der Waals surface area contributed by atoms with Crippen LogP contribution >= 0.6 is 11.3 Å². The minimum atomic E-state index is 0.575. The molecule has 0 saturated heterocycles. The minimum absolute atomic E-state index is 0.575. The minimum Gasteiger partial charge on any atom is -0.314 e. The van der Waals surface area contributed by atoms with E-state index in [0.717, 1.165) is 18.5 Å². The highest BCUT2D eigenvalue weighted by atomic mass is 32.1. The zero-order valence-corrected chi connectivity index (χ0v) is 11.4. The van der Waals surface area contributed by atoms with Crippen LogP contribution in [0.5, 0.6) is 0 Å². The van der Waals surface area contributed by atoms with Crippen molar-refractivity contribution in [3.8, 4) is 0 Å². The first-order valence-electron chi connectivity index (χ1n) is 6.41. The third kappa shape index (κ3) is 3.27. The summed E-state index contributed by atoms with van der Waals surface area (Å²) in [6.07, 6.45) is 3.51. The van der Waals surface area contributed by atoms with E-state index >= 15 is 0 Å². The fraction of sp³-hybridized carbons (Fsp3) is 0.500. The molecule has 1 N–H and O–H groups in total. The number of para-hydroxylation sites is 1. The summed E-state index contributed by atoms with van der Waals surface area (Å²) in [7, 11) is 0. The van der Waals surface area contributed by atoms with Gasteiger partial charge in [0.05, 0.1) is 15.2 Å². The third-order valence-electron chi connectivity index (χ3n) is 2.89. The van der Waals surface area contributed by atoms with Crippen molar-refractivity contribution in [3.05, 3.63) is 29.3 Å². The lowest BCUT2D eigenvalue weighted by Crippen LogP contribution is -2.30. The number of likely N-dealkylation sites (N-methyl/N-ethyl adjacent to an activating group) is 1. The molecule has 1 aromatic heterocycles. The summed E-state index contributed by atoms with van der Waals surface area (Å²) in [5.74, 6) is 0. The molecule has 1 unspecified atom stereocenters. The van der Waals surface area contributed by atoms with Crippen molar-refractivity contribution >= 4 is 21.6 Å². The van der Waals surface area contributed by atoms with E-state index in [2.05, 4.69) is 43.4 Å². The molecule has 0 amide bonds. The van der Waals surface area contributed by atoms with Gasteiger partial charge in [-0.3, -0.25) is 0 Å². The fourth-order valence-electron chi connectivity index (χ4n) is 2.13. The third-order valence-corrected chi connectivity index (χ3v) is 3.95. The van der Waals surface area contributed by atoms with Gasteiger partial charge in [-0.1, -0.05) is 32.4 Å². The first-order chi connectivity index (χ1) is 8.33. The van der Waals surface area contributed by atoms with Crippen LogP contribution < -0.4 is 5.32 Å². The lowest BCUT2D eigenvalue weighted by molar-refractivity contribution is 0.485. The van der Waals surface area contributed by atoms with Gasteiger partial charge in [-0.15, -0.1) is 11.3 Å². The summed E-state index contributed by atoms with van der Waals surface area (Å²) in [4.78, 5) is 4.70. The van der Waals surface area contributed by atoms with Crippen LogP contribution in [0.2, 0.25) is 0 Å². The summed E-state index contributed by atoms with van der Waals surface area (Å²) in [6, 6.07) is 8.96.